The summed E-state index contributed by atoms with van der Waals surface area (Å²) in [5, 5.41) is 9.91. The molecule has 3 aromatic carbocycles. The first-order valence-corrected chi connectivity index (χ1v) is 12.7. The van der Waals surface area contributed by atoms with Gasteiger partial charge in [-0.1, -0.05) is 55.5 Å². The van der Waals surface area contributed by atoms with Crippen molar-refractivity contribution in [2.24, 2.45) is 0 Å². The molecule has 1 atom stereocenters. The molecule has 1 aromatic heterocycles. The number of aliphatic carboxylic acids is 1. The first-order valence-electron chi connectivity index (χ1n) is 12.7. The number of fused-ring (bicyclic) bond motifs is 1. The van der Waals surface area contributed by atoms with Gasteiger partial charge in [-0.15, -0.1) is 0 Å². The molecule has 0 fully saturated rings. The van der Waals surface area contributed by atoms with Crippen LogP contribution < -0.4 is 4.74 Å². The minimum atomic E-state index is -4.76. The molecule has 0 bridgehead atoms. The van der Waals surface area contributed by atoms with Crippen molar-refractivity contribution in [2.45, 2.75) is 38.5 Å². The molecular weight excluding hydrogens is 512 g/mol. The van der Waals surface area contributed by atoms with E-state index in [-0.39, 0.29) is 24.6 Å². The van der Waals surface area contributed by atoms with Crippen LogP contribution in [0.5, 0.6) is 5.75 Å². The average molecular weight is 543 g/mol. The largest absolute Gasteiger partial charge is 0.493 e. The Balaban J connectivity index is 1.46. The molecule has 39 heavy (non-hydrogen) atoms. The molecular formula is C30H30F4N2O3. The van der Waals surface area contributed by atoms with E-state index in [4.69, 9.17) is 9.84 Å². The van der Waals surface area contributed by atoms with Crippen LogP contribution >= 0.6 is 0 Å². The van der Waals surface area contributed by atoms with E-state index in [1.807, 2.05) is 48.2 Å². The Bertz CT molecular complexity index is 1400. The monoisotopic (exact) mass is 542 g/mol. The molecule has 4 aromatic rings. The van der Waals surface area contributed by atoms with Gasteiger partial charge in [0.05, 0.1) is 17.7 Å². The highest BCUT2D eigenvalue weighted by molar-refractivity contribution is 5.87. The minimum Gasteiger partial charge on any atom is -0.493 e. The number of halogens is 4. The summed E-state index contributed by atoms with van der Waals surface area (Å²) in [7, 11) is 0. The predicted octanol–water partition coefficient (Wildman–Crippen LogP) is 6.96. The summed E-state index contributed by atoms with van der Waals surface area (Å²) >= 11 is 0. The van der Waals surface area contributed by atoms with E-state index in [0.717, 1.165) is 22.5 Å². The van der Waals surface area contributed by atoms with Crippen LogP contribution in [0.2, 0.25) is 0 Å². The van der Waals surface area contributed by atoms with Crippen molar-refractivity contribution in [3.05, 3.63) is 102 Å². The SMILES string of the molecule is CC(CN(CCCOc1cccc2c1ccn2CC(=O)O)Cc1cccc(C(F)(F)F)c1F)c1ccccc1. The molecule has 5 nitrogen and oxygen atoms in total. The van der Waals surface area contributed by atoms with Gasteiger partial charge >= 0.3 is 12.1 Å². The molecule has 0 amide bonds. The molecule has 0 aliphatic rings. The average Bonchev–Trinajstić information content (AvgIpc) is 3.30. The topological polar surface area (TPSA) is 54.7 Å². The Morgan fingerprint density at radius 1 is 1.03 bits per heavy atom. The molecule has 0 spiro atoms. The smallest absolute Gasteiger partial charge is 0.419 e. The first kappa shape index (κ1) is 28.2. The van der Waals surface area contributed by atoms with Gasteiger partial charge in [0.2, 0.25) is 0 Å². The van der Waals surface area contributed by atoms with Crippen molar-refractivity contribution < 1.29 is 32.2 Å². The number of carboxylic acid groups (broad SMARTS) is 1. The van der Waals surface area contributed by atoms with Crippen molar-refractivity contribution >= 4 is 16.9 Å². The second-order valence-electron chi connectivity index (χ2n) is 9.55. The van der Waals surface area contributed by atoms with Crippen molar-refractivity contribution in [1.82, 2.24) is 9.47 Å². The third-order valence-corrected chi connectivity index (χ3v) is 6.63. The zero-order chi connectivity index (χ0) is 28.0. The van der Waals surface area contributed by atoms with Crippen LogP contribution in [0.3, 0.4) is 0 Å². The standard InChI is InChI=1S/C30H30F4N2O3/c1-21(22-8-3-2-4-9-22)18-35(19-23-10-5-11-25(29(23)31)30(32,33)34)15-7-17-39-27-13-6-12-26-24(27)14-16-36(26)20-28(37)38/h2-6,8-14,16,21H,7,15,17-20H2,1H3,(H,37,38). The lowest BCUT2D eigenvalue weighted by Gasteiger charge is -2.27. The lowest BCUT2D eigenvalue weighted by molar-refractivity contribution is -0.140. The quantitative estimate of drug-likeness (QED) is 0.155. The molecule has 0 aliphatic heterocycles. The van der Waals surface area contributed by atoms with Crippen molar-refractivity contribution in [1.29, 1.82) is 0 Å². The fourth-order valence-electron chi connectivity index (χ4n) is 4.75. The van der Waals surface area contributed by atoms with Gasteiger partial charge in [0.15, 0.2) is 0 Å². The van der Waals surface area contributed by atoms with Crippen molar-refractivity contribution in [3.8, 4) is 5.75 Å². The molecule has 206 valence electrons. The first-order chi connectivity index (χ1) is 18.6. The van der Waals surface area contributed by atoms with Gasteiger partial charge in [-0.05, 0) is 42.2 Å². The summed E-state index contributed by atoms with van der Waals surface area (Å²) in [6, 6.07) is 20.4. The predicted molar refractivity (Wildman–Crippen MR) is 141 cm³/mol. The lowest BCUT2D eigenvalue weighted by Crippen LogP contribution is -2.30. The Morgan fingerprint density at radius 3 is 2.49 bits per heavy atom. The maximum atomic E-state index is 14.8. The number of carbonyl (C=O) groups is 1. The fraction of sp³-hybridized carbons (Fsp3) is 0.300. The maximum absolute atomic E-state index is 14.8. The van der Waals surface area contributed by atoms with Gasteiger partial charge in [-0.2, -0.15) is 13.2 Å². The highest BCUT2D eigenvalue weighted by atomic mass is 19.4. The second-order valence-corrected chi connectivity index (χ2v) is 9.55. The summed E-state index contributed by atoms with van der Waals surface area (Å²) in [5.74, 6) is -1.49. The van der Waals surface area contributed by atoms with E-state index in [2.05, 4.69) is 0 Å². The normalized spacial score (nSPS) is 12.7. The van der Waals surface area contributed by atoms with Gasteiger partial charge in [-0.3, -0.25) is 9.69 Å². The Kier molecular flexibility index (Phi) is 8.91. The molecule has 1 heterocycles. The van der Waals surface area contributed by atoms with Gasteiger partial charge in [-0.25, -0.2) is 4.39 Å². The van der Waals surface area contributed by atoms with Gasteiger partial charge in [0, 0.05) is 36.8 Å². The molecule has 9 heteroatoms. The van der Waals surface area contributed by atoms with Crippen LogP contribution in [-0.4, -0.2) is 40.2 Å². The van der Waals surface area contributed by atoms with Crippen LogP contribution in [0.15, 0.2) is 79.0 Å². The summed E-state index contributed by atoms with van der Waals surface area (Å²) in [6.07, 6.45) is -2.52. The summed E-state index contributed by atoms with van der Waals surface area (Å²) in [6.45, 7) is 3.22. The summed E-state index contributed by atoms with van der Waals surface area (Å²) in [4.78, 5) is 13.1. The number of rotatable bonds is 12. The van der Waals surface area contributed by atoms with Crippen molar-refractivity contribution in [2.75, 3.05) is 19.7 Å². The maximum Gasteiger partial charge on any atom is 0.419 e. The Hall–Kier alpha value is -3.85. The van der Waals surface area contributed by atoms with Crippen LogP contribution in [0.4, 0.5) is 17.6 Å². The number of benzene rings is 3. The third kappa shape index (κ3) is 7.17. The van der Waals surface area contributed by atoms with E-state index in [1.165, 1.54) is 12.1 Å². The van der Waals surface area contributed by atoms with Gasteiger partial charge in [0.25, 0.3) is 0 Å². The van der Waals surface area contributed by atoms with Crippen molar-refractivity contribution in [3.63, 3.8) is 0 Å². The molecule has 0 aliphatic carbocycles. The zero-order valence-electron chi connectivity index (χ0n) is 21.5. The third-order valence-electron chi connectivity index (χ3n) is 6.63. The number of hydrogen-bond donors (Lipinski definition) is 1. The molecule has 0 saturated heterocycles. The lowest BCUT2D eigenvalue weighted by atomic mass is 10.00. The Labute approximate surface area is 224 Å². The van der Waals surface area contributed by atoms with Crippen LogP contribution in [0, 0.1) is 5.82 Å². The molecule has 0 saturated carbocycles. The molecule has 1 N–H and O–H groups in total. The van der Waals surface area contributed by atoms with Crippen LogP contribution in [-0.2, 0) is 24.1 Å². The van der Waals surface area contributed by atoms with E-state index < -0.39 is 23.5 Å². The van der Waals surface area contributed by atoms with E-state index in [0.29, 0.717) is 31.9 Å². The highest BCUT2D eigenvalue weighted by Crippen LogP contribution is 2.33. The van der Waals surface area contributed by atoms with E-state index >= 15 is 0 Å². The molecule has 1 unspecified atom stereocenters. The number of nitrogens with zero attached hydrogens (tertiary/aromatic N) is 2. The number of carboxylic acids is 1. The number of hydrogen-bond acceptors (Lipinski definition) is 3. The highest BCUT2D eigenvalue weighted by Gasteiger charge is 2.35. The minimum absolute atomic E-state index is 0.00413. The second kappa shape index (κ2) is 12.3. The molecule has 4 rings (SSSR count). The number of alkyl halides is 3. The summed E-state index contributed by atoms with van der Waals surface area (Å²) in [5.41, 5.74) is 0.562. The molecule has 0 radical (unpaired) electrons. The number of aromatic nitrogens is 1. The summed E-state index contributed by atoms with van der Waals surface area (Å²) < 4.78 is 62.3. The number of ether oxygens (including phenoxy) is 1. The van der Waals surface area contributed by atoms with Crippen LogP contribution in [0.1, 0.15) is 36.0 Å². The zero-order valence-corrected chi connectivity index (χ0v) is 21.5. The fourth-order valence-corrected chi connectivity index (χ4v) is 4.75. The van der Waals surface area contributed by atoms with Crippen LogP contribution in [0.25, 0.3) is 10.9 Å². The van der Waals surface area contributed by atoms with E-state index in [9.17, 15) is 22.4 Å². The van der Waals surface area contributed by atoms with Gasteiger partial charge in [0.1, 0.15) is 18.1 Å². The Morgan fingerprint density at radius 2 is 1.77 bits per heavy atom. The van der Waals surface area contributed by atoms with E-state index in [1.54, 1.807) is 29.0 Å². The van der Waals surface area contributed by atoms with Gasteiger partial charge < -0.3 is 14.4 Å².